The summed E-state index contributed by atoms with van der Waals surface area (Å²) in [4.78, 5) is 13.2. The van der Waals surface area contributed by atoms with Gasteiger partial charge in [0.25, 0.3) is 5.91 Å². The van der Waals surface area contributed by atoms with E-state index in [0.717, 1.165) is 17.0 Å². The summed E-state index contributed by atoms with van der Waals surface area (Å²) in [5.74, 6) is -0.958. The summed E-state index contributed by atoms with van der Waals surface area (Å²) >= 11 is 1.43. The molecule has 158 valence electrons. The lowest BCUT2D eigenvalue weighted by atomic mass is 10.2. The number of carbonyl (C=O) groups excluding carboxylic acids is 1. The van der Waals surface area contributed by atoms with E-state index >= 15 is 0 Å². The highest BCUT2D eigenvalue weighted by molar-refractivity contribution is 7.89. The van der Waals surface area contributed by atoms with E-state index in [2.05, 4.69) is 14.8 Å². The lowest BCUT2D eigenvalue weighted by Gasteiger charge is -2.10. The Kier molecular flexibility index (Phi) is 6.44. The summed E-state index contributed by atoms with van der Waals surface area (Å²) in [6.07, 6.45) is -4.80. The molecule has 0 aliphatic rings. The number of alkyl halides is 3. The lowest BCUT2D eigenvalue weighted by Crippen LogP contribution is -2.23. The number of hydrogen-bond acceptors (Lipinski definition) is 5. The fourth-order valence-electron chi connectivity index (χ4n) is 2.39. The predicted molar refractivity (Wildman–Crippen MR) is 106 cm³/mol. The fraction of sp³-hybridized carbons (Fsp3) is 0.105. The van der Waals surface area contributed by atoms with Crippen molar-refractivity contribution in [3.8, 4) is 5.75 Å². The third-order valence-corrected chi connectivity index (χ3v) is 6.08. The smallest absolute Gasteiger partial charge is 0.406 e. The third kappa shape index (κ3) is 6.05. The molecule has 2 aromatic carbocycles. The van der Waals surface area contributed by atoms with Crippen molar-refractivity contribution in [2.24, 2.45) is 0 Å². The second-order valence-corrected chi connectivity index (χ2v) is 8.75. The zero-order valence-electron chi connectivity index (χ0n) is 15.1. The van der Waals surface area contributed by atoms with Gasteiger partial charge in [0.15, 0.2) is 0 Å². The molecule has 3 aromatic rings. The van der Waals surface area contributed by atoms with Gasteiger partial charge in [-0.1, -0.05) is 6.07 Å². The molecule has 0 aliphatic carbocycles. The van der Waals surface area contributed by atoms with Crippen molar-refractivity contribution in [3.63, 3.8) is 0 Å². The number of thiophene rings is 1. The summed E-state index contributed by atoms with van der Waals surface area (Å²) in [5, 5.41) is 4.35. The van der Waals surface area contributed by atoms with Gasteiger partial charge in [0, 0.05) is 22.7 Å². The second kappa shape index (κ2) is 8.86. The maximum atomic E-state index is 12.3. The average molecular weight is 456 g/mol. The minimum atomic E-state index is -4.80. The van der Waals surface area contributed by atoms with Gasteiger partial charge in [-0.15, -0.1) is 24.5 Å². The summed E-state index contributed by atoms with van der Waals surface area (Å²) < 4.78 is 67.4. The van der Waals surface area contributed by atoms with Gasteiger partial charge in [-0.3, -0.25) is 4.79 Å². The SMILES string of the molecule is O=C(Nc1ccc(OC(F)(F)F)cc1)c1ccc(S(=O)(=O)NCc2cccs2)cc1. The predicted octanol–water partition coefficient (Wildman–Crippen LogP) is 4.38. The Morgan fingerprint density at radius 1 is 1.00 bits per heavy atom. The van der Waals surface area contributed by atoms with Crippen molar-refractivity contribution in [1.29, 1.82) is 0 Å². The Hall–Kier alpha value is -2.89. The molecule has 0 saturated heterocycles. The van der Waals surface area contributed by atoms with Crippen LogP contribution in [0.5, 0.6) is 5.75 Å². The highest BCUT2D eigenvalue weighted by Gasteiger charge is 2.31. The first-order valence-electron chi connectivity index (χ1n) is 8.42. The molecule has 2 N–H and O–H groups in total. The van der Waals surface area contributed by atoms with E-state index in [9.17, 15) is 26.4 Å². The minimum Gasteiger partial charge on any atom is -0.406 e. The molecule has 0 unspecified atom stereocenters. The molecule has 30 heavy (non-hydrogen) atoms. The molecule has 0 spiro atoms. The van der Waals surface area contributed by atoms with Gasteiger partial charge < -0.3 is 10.1 Å². The summed E-state index contributed by atoms with van der Waals surface area (Å²) in [6.45, 7) is 0.163. The number of halogens is 3. The van der Waals surface area contributed by atoms with E-state index in [1.54, 1.807) is 0 Å². The van der Waals surface area contributed by atoms with E-state index in [-0.39, 0.29) is 22.7 Å². The number of hydrogen-bond donors (Lipinski definition) is 2. The van der Waals surface area contributed by atoms with Gasteiger partial charge in [0.1, 0.15) is 5.75 Å². The zero-order chi connectivity index (χ0) is 21.8. The standard InChI is InChI=1S/C19H15F3N2O4S2/c20-19(21,22)28-15-7-5-14(6-8-15)24-18(25)13-3-9-17(10-4-13)30(26,27)23-12-16-2-1-11-29-16/h1-11,23H,12H2,(H,24,25). The minimum absolute atomic E-state index is 0.00394. The van der Waals surface area contributed by atoms with Gasteiger partial charge in [-0.25, -0.2) is 13.1 Å². The molecule has 0 bridgehead atoms. The summed E-state index contributed by atoms with van der Waals surface area (Å²) in [5.41, 5.74) is 0.437. The molecule has 0 radical (unpaired) electrons. The maximum Gasteiger partial charge on any atom is 0.573 e. The molecule has 0 aliphatic heterocycles. The molecule has 11 heteroatoms. The maximum absolute atomic E-state index is 12.3. The topological polar surface area (TPSA) is 84.5 Å². The first kappa shape index (κ1) is 21.8. The number of anilines is 1. The molecule has 0 atom stereocenters. The van der Waals surface area contributed by atoms with Crippen molar-refractivity contribution in [2.75, 3.05) is 5.32 Å². The molecular formula is C19H15F3N2O4S2. The van der Waals surface area contributed by atoms with E-state index in [1.807, 2.05) is 17.5 Å². The number of nitrogens with one attached hydrogen (secondary N) is 2. The number of benzene rings is 2. The Balaban J connectivity index is 1.62. The third-order valence-electron chi connectivity index (χ3n) is 3.79. The Labute approximate surface area is 174 Å². The van der Waals surface area contributed by atoms with Crippen molar-refractivity contribution in [2.45, 2.75) is 17.8 Å². The van der Waals surface area contributed by atoms with Crippen LogP contribution in [0.2, 0.25) is 0 Å². The highest BCUT2D eigenvalue weighted by Crippen LogP contribution is 2.24. The van der Waals surface area contributed by atoms with Gasteiger partial charge in [-0.2, -0.15) is 0 Å². The van der Waals surface area contributed by atoms with Crippen LogP contribution < -0.4 is 14.8 Å². The molecule has 1 amide bonds. The first-order chi connectivity index (χ1) is 14.1. The van der Waals surface area contributed by atoms with E-state index in [0.29, 0.717) is 0 Å². The second-order valence-electron chi connectivity index (χ2n) is 5.95. The lowest BCUT2D eigenvalue weighted by molar-refractivity contribution is -0.274. The van der Waals surface area contributed by atoms with E-state index < -0.39 is 28.0 Å². The van der Waals surface area contributed by atoms with E-state index in [1.165, 1.54) is 47.7 Å². The molecule has 0 saturated carbocycles. The van der Waals surface area contributed by atoms with Gasteiger partial charge in [0.2, 0.25) is 10.0 Å². The zero-order valence-corrected chi connectivity index (χ0v) is 16.8. The van der Waals surface area contributed by atoms with Crippen molar-refractivity contribution < 1.29 is 31.1 Å². The van der Waals surface area contributed by atoms with Crippen molar-refractivity contribution >= 4 is 33.0 Å². The van der Waals surface area contributed by atoms with Crippen LogP contribution in [0.3, 0.4) is 0 Å². The Morgan fingerprint density at radius 2 is 1.67 bits per heavy atom. The molecule has 3 rings (SSSR count). The normalized spacial score (nSPS) is 11.8. The molecule has 1 aromatic heterocycles. The number of amides is 1. The Bertz CT molecular complexity index is 1100. The van der Waals surface area contributed by atoms with Gasteiger partial charge in [-0.05, 0) is 60.0 Å². The number of sulfonamides is 1. The van der Waals surface area contributed by atoms with Crippen LogP contribution >= 0.6 is 11.3 Å². The average Bonchev–Trinajstić information content (AvgIpc) is 3.21. The largest absolute Gasteiger partial charge is 0.573 e. The number of rotatable bonds is 7. The van der Waals surface area contributed by atoms with Crippen LogP contribution in [0.15, 0.2) is 70.9 Å². The van der Waals surface area contributed by atoms with Crippen molar-refractivity contribution in [3.05, 3.63) is 76.5 Å². The van der Waals surface area contributed by atoms with Crippen LogP contribution in [0, 0.1) is 0 Å². The molecule has 1 heterocycles. The number of carbonyl (C=O) groups is 1. The molecular weight excluding hydrogens is 441 g/mol. The van der Waals surface area contributed by atoms with Crippen LogP contribution in [0.25, 0.3) is 0 Å². The summed E-state index contributed by atoms with van der Waals surface area (Å²) in [7, 11) is -3.74. The van der Waals surface area contributed by atoms with Crippen LogP contribution in [-0.2, 0) is 16.6 Å². The fourth-order valence-corrected chi connectivity index (χ4v) is 4.13. The molecule has 6 nitrogen and oxygen atoms in total. The van der Waals surface area contributed by atoms with Crippen molar-refractivity contribution in [1.82, 2.24) is 4.72 Å². The van der Waals surface area contributed by atoms with Gasteiger partial charge >= 0.3 is 6.36 Å². The summed E-state index contributed by atoms with van der Waals surface area (Å²) in [6, 6.07) is 13.6. The quantitative estimate of drug-likeness (QED) is 0.553. The van der Waals surface area contributed by atoms with E-state index in [4.69, 9.17) is 0 Å². The molecule has 0 fully saturated rings. The monoisotopic (exact) mass is 456 g/mol. The van der Waals surface area contributed by atoms with Crippen LogP contribution in [0.4, 0.5) is 18.9 Å². The Morgan fingerprint density at radius 3 is 2.23 bits per heavy atom. The van der Waals surface area contributed by atoms with Gasteiger partial charge in [0.05, 0.1) is 4.90 Å². The first-order valence-corrected chi connectivity index (χ1v) is 10.8. The highest BCUT2D eigenvalue weighted by atomic mass is 32.2. The number of ether oxygens (including phenoxy) is 1. The van der Waals surface area contributed by atoms with Crippen LogP contribution in [0.1, 0.15) is 15.2 Å². The van der Waals surface area contributed by atoms with Crippen LogP contribution in [-0.4, -0.2) is 20.7 Å².